The van der Waals surface area contributed by atoms with Crippen molar-refractivity contribution in [1.29, 1.82) is 0 Å². The van der Waals surface area contributed by atoms with Gasteiger partial charge in [0.05, 0.1) is 31.9 Å². The van der Waals surface area contributed by atoms with Gasteiger partial charge in [-0.05, 0) is 32.4 Å². The average Bonchev–Trinajstić information content (AvgIpc) is 3.23. The standard InChI is InChI=1S/C21H31N5O2.HI/c1-5-22-21(23-13-18-12-17-8-6-7-9-20(17)28-18)24-14-19-15(2)25-26(16(19)3)10-11-27-4;/h6-9,18H,5,10-14H2,1-4H3,(H2,22,23,24);1H. The fourth-order valence-corrected chi connectivity index (χ4v) is 3.44. The molecule has 0 fully saturated rings. The number of nitrogens with zero attached hydrogens (tertiary/aromatic N) is 3. The number of hydrogen-bond donors (Lipinski definition) is 2. The molecule has 1 atom stereocenters. The van der Waals surface area contributed by atoms with Gasteiger partial charge in [-0.2, -0.15) is 5.10 Å². The predicted octanol–water partition coefficient (Wildman–Crippen LogP) is 2.82. The van der Waals surface area contributed by atoms with Crippen molar-refractivity contribution in [3.63, 3.8) is 0 Å². The van der Waals surface area contributed by atoms with E-state index in [9.17, 15) is 0 Å². The molecule has 1 aliphatic rings. The molecule has 0 saturated carbocycles. The molecule has 8 heteroatoms. The number of aryl methyl sites for hydroxylation is 1. The minimum atomic E-state index is 0. The monoisotopic (exact) mass is 513 g/mol. The largest absolute Gasteiger partial charge is 0.488 e. The molecule has 0 amide bonds. The topological polar surface area (TPSA) is 72.7 Å². The van der Waals surface area contributed by atoms with Crippen molar-refractivity contribution in [2.45, 2.75) is 46.4 Å². The SMILES string of the molecule is CCNC(=NCc1c(C)nn(CCOC)c1C)NCC1Cc2ccccc2O1.I. The summed E-state index contributed by atoms with van der Waals surface area (Å²) >= 11 is 0. The summed E-state index contributed by atoms with van der Waals surface area (Å²) in [6, 6.07) is 8.22. The maximum absolute atomic E-state index is 6.01. The number of aromatic nitrogens is 2. The number of rotatable bonds is 8. The van der Waals surface area contributed by atoms with Crippen LogP contribution < -0.4 is 15.4 Å². The van der Waals surface area contributed by atoms with Crippen molar-refractivity contribution < 1.29 is 9.47 Å². The molecule has 2 aromatic rings. The second-order valence-electron chi connectivity index (χ2n) is 6.99. The van der Waals surface area contributed by atoms with Crippen LogP contribution in [0.4, 0.5) is 0 Å². The van der Waals surface area contributed by atoms with Crippen molar-refractivity contribution in [1.82, 2.24) is 20.4 Å². The number of methoxy groups -OCH3 is 1. The Hall–Kier alpha value is -1.81. The first-order valence-corrected chi connectivity index (χ1v) is 9.91. The molecule has 0 radical (unpaired) electrons. The minimum Gasteiger partial charge on any atom is -0.488 e. The molecule has 7 nitrogen and oxygen atoms in total. The van der Waals surface area contributed by atoms with Gasteiger partial charge in [0.25, 0.3) is 0 Å². The number of aliphatic imine (C=N–C) groups is 1. The van der Waals surface area contributed by atoms with Crippen LogP contribution in [0.3, 0.4) is 0 Å². The van der Waals surface area contributed by atoms with Crippen molar-refractivity contribution in [3.05, 3.63) is 46.8 Å². The van der Waals surface area contributed by atoms with Crippen LogP contribution in [0.2, 0.25) is 0 Å². The highest BCUT2D eigenvalue weighted by Gasteiger charge is 2.22. The van der Waals surface area contributed by atoms with Gasteiger partial charge in [-0.15, -0.1) is 24.0 Å². The van der Waals surface area contributed by atoms with Gasteiger partial charge in [0.15, 0.2) is 5.96 Å². The van der Waals surface area contributed by atoms with E-state index in [0.29, 0.717) is 19.7 Å². The fraction of sp³-hybridized carbons (Fsp3) is 0.524. The average molecular weight is 513 g/mol. The summed E-state index contributed by atoms with van der Waals surface area (Å²) < 4.78 is 13.2. The lowest BCUT2D eigenvalue weighted by atomic mass is 10.1. The Labute approximate surface area is 190 Å². The number of halogens is 1. The number of guanidine groups is 1. The Bertz CT molecular complexity index is 796. The van der Waals surface area contributed by atoms with Gasteiger partial charge in [0.2, 0.25) is 0 Å². The van der Waals surface area contributed by atoms with E-state index < -0.39 is 0 Å². The molecule has 0 bridgehead atoms. The molecule has 1 aromatic heterocycles. The van der Waals surface area contributed by atoms with E-state index in [1.807, 2.05) is 23.7 Å². The number of hydrogen-bond acceptors (Lipinski definition) is 4. The molecule has 2 heterocycles. The Morgan fingerprint density at radius 1 is 1.31 bits per heavy atom. The molecule has 1 unspecified atom stereocenters. The minimum absolute atomic E-state index is 0. The van der Waals surface area contributed by atoms with E-state index in [2.05, 4.69) is 41.7 Å². The number of fused-ring (bicyclic) bond motifs is 1. The third-order valence-electron chi connectivity index (χ3n) is 4.99. The summed E-state index contributed by atoms with van der Waals surface area (Å²) in [5.74, 6) is 1.79. The number of nitrogens with one attached hydrogen (secondary N) is 2. The molecule has 0 saturated heterocycles. The van der Waals surface area contributed by atoms with Crippen LogP contribution in [-0.2, 0) is 24.2 Å². The van der Waals surface area contributed by atoms with Crippen molar-refractivity contribution in [2.75, 3.05) is 26.8 Å². The maximum atomic E-state index is 6.01. The summed E-state index contributed by atoms with van der Waals surface area (Å²) in [4.78, 5) is 4.76. The Kier molecular flexibility index (Phi) is 9.22. The smallest absolute Gasteiger partial charge is 0.191 e. The second-order valence-corrected chi connectivity index (χ2v) is 6.99. The molecule has 0 aliphatic carbocycles. The molecule has 2 N–H and O–H groups in total. The summed E-state index contributed by atoms with van der Waals surface area (Å²) in [6.45, 7) is 9.71. The molecular formula is C21H32IN5O2. The van der Waals surface area contributed by atoms with Gasteiger partial charge in [0.1, 0.15) is 11.9 Å². The van der Waals surface area contributed by atoms with E-state index >= 15 is 0 Å². The summed E-state index contributed by atoms with van der Waals surface area (Å²) in [6.07, 6.45) is 1.05. The Balaban J connectivity index is 0.00000300. The lowest BCUT2D eigenvalue weighted by molar-refractivity contribution is 0.182. The first kappa shape index (κ1) is 23.5. The van der Waals surface area contributed by atoms with E-state index in [1.54, 1.807) is 7.11 Å². The second kappa shape index (κ2) is 11.4. The zero-order valence-corrected chi connectivity index (χ0v) is 20.0. The van der Waals surface area contributed by atoms with Crippen molar-refractivity contribution >= 4 is 29.9 Å². The molecule has 3 rings (SSSR count). The zero-order chi connectivity index (χ0) is 19.9. The molecule has 160 valence electrons. The summed E-state index contributed by atoms with van der Waals surface area (Å²) in [7, 11) is 1.71. The summed E-state index contributed by atoms with van der Waals surface area (Å²) in [5, 5.41) is 11.3. The van der Waals surface area contributed by atoms with Gasteiger partial charge >= 0.3 is 0 Å². The third kappa shape index (κ3) is 6.08. The van der Waals surface area contributed by atoms with Crippen molar-refractivity contribution in [2.24, 2.45) is 4.99 Å². The molecule has 29 heavy (non-hydrogen) atoms. The van der Waals surface area contributed by atoms with Gasteiger partial charge in [-0.1, -0.05) is 18.2 Å². The number of benzene rings is 1. The molecule has 1 aromatic carbocycles. The van der Waals surface area contributed by atoms with E-state index in [1.165, 1.54) is 5.56 Å². The lowest BCUT2D eigenvalue weighted by Gasteiger charge is -2.15. The quantitative estimate of drug-likeness (QED) is 0.323. The van der Waals surface area contributed by atoms with Gasteiger partial charge < -0.3 is 20.1 Å². The first-order valence-electron chi connectivity index (χ1n) is 9.91. The van der Waals surface area contributed by atoms with E-state index in [4.69, 9.17) is 14.5 Å². The molecule has 1 aliphatic heterocycles. The normalized spacial score (nSPS) is 15.4. The highest BCUT2D eigenvalue weighted by atomic mass is 127. The van der Waals surface area contributed by atoms with Crippen LogP contribution in [0.5, 0.6) is 5.75 Å². The zero-order valence-electron chi connectivity index (χ0n) is 17.7. The van der Waals surface area contributed by atoms with Gasteiger partial charge in [-0.25, -0.2) is 4.99 Å². The first-order chi connectivity index (χ1) is 13.6. The third-order valence-corrected chi connectivity index (χ3v) is 4.99. The van der Waals surface area contributed by atoms with Crippen LogP contribution in [0.1, 0.15) is 29.4 Å². The number of para-hydroxylation sites is 1. The van der Waals surface area contributed by atoms with Crippen LogP contribution >= 0.6 is 24.0 Å². The highest BCUT2D eigenvalue weighted by Crippen LogP contribution is 2.27. The Morgan fingerprint density at radius 2 is 2.10 bits per heavy atom. The van der Waals surface area contributed by atoms with Gasteiger partial charge in [-0.3, -0.25) is 4.68 Å². The highest BCUT2D eigenvalue weighted by molar-refractivity contribution is 14.0. The number of ether oxygens (including phenoxy) is 2. The predicted molar refractivity (Wildman–Crippen MR) is 126 cm³/mol. The van der Waals surface area contributed by atoms with Gasteiger partial charge in [0, 0.05) is 31.3 Å². The van der Waals surface area contributed by atoms with E-state index in [-0.39, 0.29) is 30.1 Å². The van der Waals surface area contributed by atoms with Crippen molar-refractivity contribution in [3.8, 4) is 5.75 Å². The molecular weight excluding hydrogens is 481 g/mol. The van der Waals surface area contributed by atoms with Crippen LogP contribution in [0.15, 0.2) is 29.3 Å². The van der Waals surface area contributed by atoms with E-state index in [0.717, 1.165) is 48.2 Å². The van der Waals surface area contributed by atoms with Crippen LogP contribution in [-0.4, -0.2) is 48.7 Å². The summed E-state index contributed by atoms with van der Waals surface area (Å²) in [5.41, 5.74) is 4.59. The molecule has 0 spiro atoms. The lowest BCUT2D eigenvalue weighted by Crippen LogP contribution is -2.42. The maximum Gasteiger partial charge on any atom is 0.191 e. The van der Waals surface area contributed by atoms with Crippen LogP contribution in [0.25, 0.3) is 0 Å². The van der Waals surface area contributed by atoms with Crippen LogP contribution in [0, 0.1) is 13.8 Å². The Morgan fingerprint density at radius 3 is 2.83 bits per heavy atom. The fourth-order valence-electron chi connectivity index (χ4n) is 3.44.